The Morgan fingerprint density at radius 1 is 0.484 bits per heavy atom. The third kappa shape index (κ3) is 9.85. The van der Waals surface area contributed by atoms with E-state index in [9.17, 15) is 24.7 Å². The molecule has 0 saturated heterocycles. The smallest absolute Gasteiger partial charge is 0.268 e. The Hall–Kier alpha value is -10.2. The molecule has 15 aromatic rings. The van der Waals surface area contributed by atoms with Gasteiger partial charge in [0.05, 0.1) is 37.3 Å². The van der Waals surface area contributed by atoms with Gasteiger partial charge in [0, 0.05) is 60.7 Å². The fourth-order valence-corrected chi connectivity index (χ4v) is 16.9. The number of nitrogens with zero attached hydrogens (tertiary/aromatic N) is 4. The first-order valence-corrected chi connectivity index (χ1v) is 31.5. The van der Waals surface area contributed by atoms with E-state index >= 15 is 0 Å². The summed E-state index contributed by atoms with van der Waals surface area (Å²) in [5.41, 5.74) is -0.116. The molecule has 452 valence electrons. The molecule has 1 aliphatic rings. The number of hydrogen-bond donors (Lipinski definition) is 0. The van der Waals surface area contributed by atoms with Crippen molar-refractivity contribution in [3.05, 3.63) is 319 Å². The van der Waals surface area contributed by atoms with Crippen molar-refractivity contribution < 1.29 is 67.4 Å². The first-order chi connectivity index (χ1) is 56.0. The molecule has 0 N–H and O–H groups in total. The van der Waals surface area contributed by atoms with Gasteiger partial charge >= 0.3 is 0 Å². The van der Waals surface area contributed by atoms with Gasteiger partial charge in [0.15, 0.2) is 8.07 Å². The summed E-state index contributed by atoms with van der Waals surface area (Å²) in [5.74, 6) is 0.764. The number of imidazole rings is 1. The van der Waals surface area contributed by atoms with Crippen LogP contribution >= 0.6 is 0 Å². The predicted molar refractivity (Wildman–Crippen MR) is 382 cm³/mol. The number of aromatic nitrogens is 4. The standard InChI is InChI=1S/C86H66N4OSi.Pt/c1-56-26-23-27-57(2)82(56)60-48-75-71-40-19-17-38-69(71)70-39-18-20-41-72(70)76-53-68(92(65-32-11-8-12-33-65,66-34-13-9-14-35-66)67-36-15-10-16-37-67)54-80-85(76)89(84(75)77(49-60)83-58(3)28-24-29-59(83)4)55-88(80)62-30-25-31-63(51-62)91-64-44-45-74-73-42-21-22-43-78(73)90(79(74)52-64)81-50-61(46-47-87-81)86(5,6)7;/h8-50,53-54H,1-7H3;/q-2;/i1D3,2D3,3D3,4D3,8D,9D,10D,11D,12D,13D,14D,15D,16D,32D,33D,34D,35D,36D,37D;. The summed E-state index contributed by atoms with van der Waals surface area (Å²) in [6.07, 6.45) is 5.28. The minimum Gasteiger partial charge on any atom is -0.510 e. The van der Waals surface area contributed by atoms with E-state index < -0.39 is 169 Å². The third-order valence-corrected chi connectivity index (χ3v) is 21.3. The van der Waals surface area contributed by atoms with Gasteiger partial charge in [0.25, 0.3) is 6.33 Å². The number of rotatable bonds is 10. The zero-order valence-corrected chi connectivity index (χ0v) is 53.1. The average molecular weight is 1420 g/mol. The maximum Gasteiger partial charge on any atom is 0.268 e. The van der Waals surface area contributed by atoms with E-state index in [0.717, 1.165) is 21.9 Å². The molecular formula is C86H66N4OPtSi-2. The van der Waals surface area contributed by atoms with Gasteiger partial charge in [0.1, 0.15) is 5.82 Å². The van der Waals surface area contributed by atoms with E-state index in [4.69, 9.17) is 22.1 Å². The SMILES string of the molecule is [2H]c1c([2H])c([2H])c([Si](c2cc3c4c(c2)n(-c2[c-]c(Oc5[c-]c6c(cc5)c5ccccc5n6-c5cc(C(C)(C)C)ccn5)ccc2)[c-][n+]4-c2c(cc(-c4c(C([2H])([2H])[2H])cccc4C([2H])([2H])[2H])cc2-c2c(C([2H])([2H])[2H])cccc2C([2H])([2H])[2H])-c2ccccc2-c2ccccc2-3)(c2c([2H])c([2H])c([2H])c([2H])c2[2H])c2c([2H])c([2H])c([2H])c([2H])c2[2H])c([2H])c1[2H].[Pt]. The van der Waals surface area contributed by atoms with Crippen molar-refractivity contribution in [3.8, 4) is 84.3 Å². The van der Waals surface area contributed by atoms with Crippen molar-refractivity contribution in [2.24, 2.45) is 0 Å². The molecule has 1 aliphatic heterocycles. The number of aryl methyl sites for hydroxylation is 4. The van der Waals surface area contributed by atoms with Crippen molar-refractivity contribution in [2.75, 3.05) is 0 Å². The van der Waals surface area contributed by atoms with E-state index in [1.807, 2.05) is 47.0 Å². The second-order valence-corrected chi connectivity index (χ2v) is 27.0. The molecule has 12 aromatic carbocycles. The molecule has 4 heterocycles. The monoisotopic (exact) mass is 1420 g/mol. The van der Waals surface area contributed by atoms with Crippen molar-refractivity contribution >= 4 is 61.7 Å². The largest absolute Gasteiger partial charge is 0.510 e. The van der Waals surface area contributed by atoms with Gasteiger partial charge < -0.3 is 13.9 Å². The minimum atomic E-state index is -6.13. The quantitative estimate of drug-likeness (QED) is 0.0592. The van der Waals surface area contributed by atoms with Gasteiger partial charge in [0.2, 0.25) is 0 Å². The first-order valence-electron chi connectivity index (χ1n) is 43.0. The molecular weight excluding hydrogens is 1330 g/mol. The molecule has 7 heteroatoms. The number of pyridine rings is 1. The Morgan fingerprint density at radius 2 is 1.03 bits per heavy atom. The molecule has 0 radical (unpaired) electrons. The average Bonchev–Trinajstić information content (AvgIpc) is 1.22. The summed E-state index contributed by atoms with van der Waals surface area (Å²) in [6, 6.07) is 38.2. The predicted octanol–water partition coefficient (Wildman–Crippen LogP) is 18.1. The van der Waals surface area contributed by atoms with Gasteiger partial charge in [-0.1, -0.05) is 232 Å². The van der Waals surface area contributed by atoms with Crippen molar-refractivity contribution in [3.63, 3.8) is 0 Å². The summed E-state index contributed by atoms with van der Waals surface area (Å²) >= 11 is 0. The molecule has 0 saturated carbocycles. The van der Waals surface area contributed by atoms with Crippen LogP contribution in [0, 0.1) is 45.9 Å². The van der Waals surface area contributed by atoms with Crippen LogP contribution in [0.3, 0.4) is 0 Å². The molecule has 3 aromatic heterocycles. The molecule has 0 bridgehead atoms. The molecule has 0 atom stereocenters. The summed E-state index contributed by atoms with van der Waals surface area (Å²) in [5, 5.41) is -1.12. The van der Waals surface area contributed by atoms with Crippen LogP contribution in [0.15, 0.2) is 273 Å². The van der Waals surface area contributed by atoms with Crippen molar-refractivity contribution in [1.29, 1.82) is 0 Å². The normalized spacial score (nSPS) is 16.7. The Balaban J connectivity index is 0.0000112. The fraction of sp³-hybridized carbons (Fsp3) is 0.0930. The topological polar surface area (TPSA) is 35.9 Å². The van der Waals surface area contributed by atoms with E-state index in [1.165, 1.54) is 69.8 Å². The van der Waals surface area contributed by atoms with Crippen LogP contribution in [0.1, 0.15) is 85.6 Å². The maximum atomic E-state index is 10.2. The number of para-hydroxylation sites is 1. The van der Waals surface area contributed by atoms with Crippen LogP contribution < -0.4 is 30.1 Å². The van der Waals surface area contributed by atoms with Gasteiger partial charge in [-0.25, -0.2) is 4.98 Å². The second kappa shape index (κ2) is 23.5. The summed E-state index contributed by atoms with van der Waals surface area (Å²) in [7, 11) is -6.13. The summed E-state index contributed by atoms with van der Waals surface area (Å²) in [4.78, 5) is 4.85. The molecule has 0 spiro atoms. The van der Waals surface area contributed by atoms with E-state index in [1.54, 1.807) is 79.0 Å². The number of ether oxygens (including phenoxy) is 1. The number of hydrogen-bond acceptors (Lipinski definition) is 2. The van der Waals surface area contributed by atoms with E-state index in [2.05, 4.69) is 39.2 Å². The number of benzene rings is 12. The van der Waals surface area contributed by atoms with Gasteiger partial charge in [-0.2, -0.15) is 18.2 Å². The van der Waals surface area contributed by atoms with Gasteiger partial charge in [-0.3, -0.25) is 4.57 Å². The fourth-order valence-electron chi connectivity index (χ4n) is 13.1. The molecule has 93 heavy (non-hydrogen) atoms. The Kier molecular flexibility index (Phi) is 9.11. The third-order valence-electron chi connectivity index (χ3n) is 17.2. The molecule has 0 fully saturated rings. The number of fused-ring (bicyclic) bond motifs is 10. The van der Waals surface area contributed by atoms with Crippen LogP contribution in [0.25, 0.3) is 106 Å². The van der Waals surface area contributed by atoms with Crippen LogP contribution in [-0.2, 0) is 26.5 Å². The first kappa shape index (κ1) is 36.1. The molecule has 16 rings (SSSR count). The van der Waals surface area contributed by atoms with Gasteiger partial charge in [-0.05, 0) is 178 Å². The van der Waals surface area contributed by atoms with Crippen LogP contribution in [-0.4, -0.2) is 22.2 Å². The zero-order chi connectivity index (χ0) is 85.5. The van der Waals surface area contributed by atoms with Crippen molar-refractivity contribution in [2.45, 2.75) is 53.6 Å². The molecule has 0 aliphatic carbocycles. The van der Waals surface area contributed by atoms with Crippen LogP contribution in [0.2, 0.25) is 0 Å². The summed E-state index contributed by atoms with van der Waals surface area (Å²) < 4.78 is 267. The second-order valence-electron chi connectivity index (χ2n) is 23.5. The molecule has 0 unspecified atom stereocenters. The zero-order valence-electron chi connectivity index (χ0n) is 76.8. The van der Waals surface area contributed by atoms with Gasteiger partial charge in [-0.15, -0.1) is 29.7 Å². The molecule has 0 amide bonds. The van der Waals surface area contributed by atoms with Crippen molar-refractivity contribution in [1.82, 2.24) is 14.1 Å². The van der Waals surface area contributed by atoms with E-state index in [0.29, 0.717) is 22.5 Å². The Labute approximate surface area is 597 Å². The van der Waals surface area contributed by atoms with Crippen LogP contribution in [0.5, 0.6) is 11.5 Å². The Bertz CT molecular complexity index is 6540. The maximum absolute atomic E-state index is 10.2. The Morgan fingerprint density at radius 3 is 1.65 bits per heavy atom. The van der Waals surface area contributed by atoms with Crippen LogP contribution in [0.4, 0.5) is 0 Å². The minimum absolute atomic E-state index is 0. The summed E-state index contributed by atoms with van der Waals surface area (Å²) in [6.45, 7) is -6.23. The molecule has 5 nitrogen and oxygen atoms in total. The van der Waals surface area contributed by atoms with E-state index in [-0.39, 0.29) is 105 Å².